The molecular formula is C15H25N3O2. The Kier molecular flexibility index (Phi) is 3.71. The Bertz CT molecular complexity index is 400. The van der Waals surface area contributed by atoms with Crippen LogP contribution in [0.2, 0.25) is 0 Å². The van der Waals surface area contributed by atoms with Gasteiger partial charge in [0, 0.05) is 24.5 Å². The Morgan fingerprint density at radius 3 is 2.50 bits per heavy atom. The van der Waals surface area contributed by atoms with Crippen LogP contribution in [0.4, 0.5) is 0 Å². The van der Waals surface area contributed by atoms with Crippen molar-refractivity contribution in [2.45, 2.75) is 75.4 Å². The standard InChI is InChI=1S/C15H25N3O2/c16-15(7-1-2-8-15)10-13(19)18-9-3-4-12(18)14(20)17-11-5-6-11/h11-12H,1-10,16H2,(H,17,20). The van der Waals surface area contributed by atoms with Crippen LogP contribution >= 0.6 is 0 Å². The minimum atomic E-state index is -0.322. The van der Waals surface area contributed by atoms with E-state index in [9.17, 15) is 9.59 Å². The van der Waals surface area contributed by atoms with Gasteiger partial charge in [-0.05, 0) is 38.5 Å². The second kappa shape index (κ2) is 5.35. The molecule has 5 heteroatoms. The number of nitrogens with two attached hydrogens (primary N) is 1. The molecule has 0 aromatic carbocycles. The quantitative estimate of drug-likeness (QED) is 0.803. The zero-order chi connectivity index (χ0) is 14.2. The fourth-order valence-electron chi connectivity index (χ4n) is 3.52. The van der Waals surface area contributed by atoms with Gasteiger partial charge < -0.3 is 16.0 Å². The molecular weight excluding hydrogens is 254 g/mol. The minimum absolute atomic E-state index is 0.0378. The van der Waals surface area contributed by atoms with Gasteiger partial charge in [0.25, 0.3) is 0 Å². The molecule has 0 spiro atoms. The molecule has 1 heterocycles. The summed E-state index contributed by atoms with van der Waals surface area (Å²) in [6.45, 7) is 0.706. The summed E-state index contributed by atoms with van der Waals surface area (Å²) < 4.78 is 0. The van der Waals surface area contributed by atoms with Gasteiger partial charge in [0.15, 0.2) is 0 Å². The molecule has 1 saturated heterocycles. The van der Waals surface area contributed by atoms with Crippen LogP contribution in [0.1, 0.15) is 57.8 Å². The second-order valence-corrected chi connectivity index (χ2v) is 6.77. The van der Waals surface area contributed by atoms with Gasteiger partial charge in [-0.2, -0.15) is 0 Å². The van der Waals surface area contributed by atoms with Crippen LogP contribution in [0.5, 0.6) is 0 Å². The summed E-state index contributed by atoms with van der Waals surface area (Å²) in [5.41, 5.74) is 5.97. The molecule has 5 nitrogen and oxygen atoms in total. The normalized spacial score (nSPS) is 28.6. The van der Waals surface area contributed by atoms with Gasteiger partial charge in [-0.1, -0.05) is 12.8 Å². The molecule has 3 rings (SSSR count). The van der Waals surface area contributed by atoms with E-state index in [0.717, 1.165) is 51.4 Å². The number of rotatable bonds is 4. The number of amides is 2. The van der Waals surface area contributed by atoms with Crippen LogP contribution in [0, 0.1) is 0 Å². The van der Waals surface area contributed by atoms with Crippen molar-refractivity contribution < 1.29 is 9.59 Å². The highest BCUT2D eigenvalue weighted by Crippen LogP contribution is 2.32. The van der Waals surface area contributed by atoms with E-state index in [1.54, 1.807) is 4.90 Å². The number of nitrogens with one attached hydrogen (secondary N) is 1. The van der Waals surface area contributed by atoms with Crippen LogP contribution in [-0.4, -0.2) is 40.9 Å². The van der Waals surface area contributed by atoms with E-state index < -0.39 is 0 Å². The molecule has 0 bridgehead atoms. The first-order valence-corrected chi connectivity index (χ1v) is 7.96. The smallest absolute Gasteiger partial charge is 0.243 e. The highest BCUT2D eigenvalue weighted by atomic mass is 16.2. The minimum Gasteiger partial charge on any atom is -0.352 e. The highest BCUT2D eigenvalue weighted by molar-refractivity contribution is 5.89. The molecule has 1 atom stereocenters. The molecule has 20 heavy (non-hydrogen) atoms. The van der Waals surface area contributed by atoms with E-state index >= 15 is 0 Å². The first-order chi connectivity index (χ1) is 9.57. The lowest BCUT2D eigenvalue weighted by molar-refractivity contribution is -0.139. The molecule has 3 aliphatic rings. The van der Waals surface area contributed by atoms with Crippen LogP contribution in [-0.2, 0) is 9.59 Å². The number of hydrogen-bond donors (Lipinski definition) is 2. The van der Waals surface area contributed by atoms with E-state index in [2.05, 4.69) is 5.32 Å². The molecule has 2 saturated carbocycles. The van der Waals surface area contributed by atoms with E-state index in [4.69, 9.17) is 5.73 Å². The Hall–Kier alpha value is -1.10. The molecule has 0 radical (unpaired) electrons. The highest BCUT2D eigenvalue weighted by Gasteiger charge is 2.39. The first-order valence-electron chi connectivity index (χ1n) is 7.96. The maximum Gasteiger partial charge on any atom is 0.243 e. The number of carbonyl (C=O) groups excluding carboxylic acids is 2. The SMILES string of the molecule is NC1(CC(=O)N2CCCC2C(=O)NC2CC2)CCCC1. The fraction of sp³-hybridized carbons (Fsp3) is 0.867. The molecule has 0 aromatic heterocycles. The number of hydrogen-bond acceptors (Lipinski definition) is 3. The van der Waals surface area contributed by atoms with Crippen LogP contribution in [0.25, 0.3) is 0 Å². The van der Waals surface area contributed by atoms with Crippen molar-refractivity contribution in [2.24, 2.45) is 5.73 Å². The lowest BCUT2D eigenvalue weighted by Gasteiger charge is -2.29. The van der Waals surface area contributed by atoms with Crippen molar-refractivity contribution >= 4 is 11.8 Å². The summed E-state index contributed by atoms with van der Waals surface area (Å²) in [4.78, 5) is 26.4. The number of likely N-dealkylation sites (tertiary alicyclic amines) is 1. The van der Waals surface area contributed by atoms with Gasteiger partial charge in [-0.3, -0.25) is 9.59 Å². The Balaban J connectivity index is 1.59. The topological polar surface area (TPSA) is 75.4 Å². The summed E-state index contributed by atoms with van der Waals surface area (Å²) in [7, 11) is 0. The lowest BCUT2D eigenvalue weighted by atomic mass is 9.94. The summed E-state index contributed by atoms with van der Waals surface area (Å²) in [5.74, 6) is 0.110. The van der Waals surface area contributed by atoms with Gasteiger partial charge in [0.1, 0.15) is 6.04 Å². The molecule has 1 aliphatic heterocycles. The summed E-state index contributed by atoms with van der Waals surface area (Å²) in [5, 5.41) is 3.02. The third kappa shape index (κ3) is 2.97. The predicted molar refractivity (Wildman–Crippen MR) is 75.9 cm³/mol. The molecule has 112 valence electrons. The van der Waals surface area contributed by atoms with Crippen LogP contribution in [0.15, 0.2) is 0 Å². The molecule has 2 aliphatic carbocycles. The van der Waals surface area contributed by atoms with Gasteiger partial charge in [0.2, 0.25) is 11.8 Å². The average Bonchev–Trinajstić information content (AvgIpc) is 2.92. The molecule has 3 N–H and O–H groups in total. The Morgan fingerprint density at radius 1 is 1.15 bits per heavy atom. The third-order valence-corrected chi connectivity index (χ3v) is 4.90. The van der Waals surface area contributed by atoms with Gasteiger partial charge >= 0.3 is 0 Å². The van der Waals surface area contributed by atoms with Crippen molar-refractivity contribution in [3.8, 4) is 0 Å². The predicted octanol–water partition coefficient (Wildman–Crippen LogP) is 0.918. The summed E-state index contributed by atoms with van der Waals surface area (Å²) in [6, 6.07) is 0.101. The Labute approximate surface area is 120 Å². The van der Waals surface area contributed by atoms with Crippen molar-refractivity contribution in [2.75, 3.05) is 6.54 Å². The van der Waals surface area contributed by atoms with E-state index in [1.807, 2.05) is 0 Å². The van der Waals surface area contributed by atoms with Crippen molar-refractivity contribution in [3.63, 3.8) is 0 Å². The number of nitrogens with zero attached hydrogens (tertiary/aromatic N) is 1. The van der Waals surface area contributed by atoms with Crippen LogP contribution in [0.3, 0.4) is 0 Å². The fourth-order valence-corrected chi connectivity index (χ4v) is 3.52. The monoisotopic (exact) mass is 279 g/mol. The van der Waals surface area contributed by atoms with E-state index in [0.29, 0.717) is 19.0 Å². The van der Waals surface area contributed by atoms with E-state index in [-0.39, 0.29) is 23.4 Å². The lowest BCUT2D eigenvalue weighted by Crippen LogP contribution is -2.49. The number of carbonyl (C=O) groups is 2. The van der Waals surface area contributed by atoms with Gasteiger partial charge in [-0.15, -0.1) is 0 Å². The molecule has 1 unspecified atom stereocenters. The first kappa shape index (κ1) is 13.9. The largest absolute Gasteiger partial charge is 0.352 e. The molecule has 2 amide bonds. The maximum atomic E-state index is 12.5. The second-order valence-electron chi connectivity index (χ2n) is 6.77. The van der Waals surface area contributed by atoms with Gasteiger partial charge in [0.05, 0.1) is 0 Å². The molecule has 3 fully saturated rings. The zero-order valence-corrected chi connectivity index (χ0v) is 12.1. The average molecular weight is 279 g/mol. The van der Waals surface area contributed by atoms with Crippen LogP contribution < -0.4 is 11.1 Å². The van der Waals surface area contributed by atoms with Crippen molar-refractivity contribution in [1.82, 2.24) is 10.2 Å². The summed E-state index contributed by atoms with van der Waals surface area (Å²) in [6.07, 6.45) is 8.40. The maximum absolute atomic E-state index is 12.5. The zero-order valence-electron chi connectivity index (χ0n) is 12.1. The van der Waals surface area contributed by atoms with Crippen molar-refractivity contribution in [1.29, 1.82) is 0 Å². The Morgan fingerprint density at radius 2 is 1.85 bits per heavy atom. The summed E-state index contributed by atoms with van der Waals surface area (Å²) >= 11 is 0. The molecule has 0 aromatic rings. The van der Waals surface area contributed by atoms with Gasteiger partial charge in [-0.25, -0.2) is 0 Å². The third-order valence-electron chi connectivity index (χ3n) is 4.90. The van der Waals surface area contributed by atoms with Crippen molar-refractivity contribution in [3.05, 3.63) is 0 Å². The van der Waals surface area contributed by atoms with E-state index in [1.165, 1.54) is 0 Å².